The average molecular weight is 526 g/mol. The van der Waals surface area contributed by atoms with E-state index >= 15 is 0 Å². The fourth-order valence-corrected chi connectivity index (χ4v) is 4.64. The lowest BCUT2D eigenvalue weighted by molar-refractivity contribution is -0.0511. The number of halogens is 1. The highest BCUT2D eigenvalue weighted by atomic mass is 19.1. The molecule has 2 aromatic heterocycles. The molecule has 2 aliphatic rings. The number of nitrogens with zero attached hydrogens (tertiary/aromatic N) is 5. The predicted molar refractivity (Wildman–Crippen MR) is 134 cm³/mol. The molecule has 6 N–H and O–H groups in total. The van der Waals surface area contributed by atoms with Gasteiger partial charge in [-0.1, -0.05) is 5.92 Å². The maximum Gasteiger partial charge on any atom is 0.321 e. The lowest BCUT2D eigenvalue weighted by Gasteiger charge is -2.31. The van der Waals surface area contributed by atoms with Crippen LogP contribution < -0.4 is 11.1 Å². The van der Waals surface area contributed by atoms with Gasteiger partial charge in [0.15, 0.2) is 17.7 Å². The van der Waals surface area contributed by atoms with E-state index in [2.05, 4.69) is 32.1 Å². The number of aliphatic hydroxyl groups excluding tert-OH is 3. The second-order valence-electron chi connectivity index (χ2n) is 9.36. The van der Waals surface area contributed by atoms with Gasteiger partial charge in [-0.25, -0.2) is 24.1 Å². The van der Waals surface area contributed by atoms with Crippen LogP contribution in [-0.4, -0.2) is 83.8 Å². The van der Waals surface area contributed by atoms with Crippen LogP contribution >= 0.6 is 0 Å². The molecule has 2 aliphatic heterocycles. The van der Waals surface area contributed by atoms with Crippen LogP contribution in [0.15, 0.2) is 30.6 Å². The summed E-state index contributed by atoms with van der Waals surface area (Å²) in [5.74, 6) is 6.26. The first-order valence-corrected chi connectivity index (χ1v) is 12.3. The number of hydrogen-bond acceptors (Lipinski definition) is 9. The smallest absolute Gasteiger partial charge is 0.321 e. The van der Waals surface area contributed by atoms with Gasteiger partial charge in [0.05, 0.1) is 12.9 Å². The number of carbonyl (C=O) groups is 1. The lowest BCUT2D eigenvalue weighted by Crippen LogP contribution is -2.41. The summed E-state index contributed by atoms with van der Waals surface area (Å²) in [6.45, 7) is 0.712. The van der Waals surface area contributed by atoms with Gasteiger partial charge in [-0.05, 0) is 48.9 Å². The third-order valence-electron chi connectivity index (χ3n) is 6.83. The van der Waals surface area contributed by atoms with Crippen molar-refractivity contribution in [2.75, 3.05) is 30.7 Å². The molecule has 12 nitrogen and oxygen atoms in total. The highest BCUT2D eigenvalue weighted by Gasteiger charge is 2.44. The van der Waals surface area contributed by atoms with Crippen molar-refractivity contribution in [3.8, 4) is 11.8 Å². The molecule has 3 aromatic rings. The standard InChI is InChI=1S/C25H28FN7O5/c26-15-4-6-16(7-5-15)29-25(37)32-10-8-14(9-11-32)2-1-3-18-30-22(27)19-23(31-18)33(13-28-19)24-21(36)20(35)17(12-34)38-24/h4-7,13-14,17,20-21,24,34-36H,2,8-12H2,(H,29,37)(H2,27,30,31)/t17-,20-,21-,24-/m1/s1. The quantitative estimate of drug-likeness (QED) is 0.310. The van der Waals surface area contributed by atoms with Crippen molar-refractivity contribution >= 4 is 28.7 Å². The molecule has 38 heavy (non-hydrogen) atoms. The summed E-state index contributed by atoms with van der Waals surface area (Å²) >= 11 is 0. The molecule has 2 saturated heterocycles. The minimum Gasteiger partial charge on any atom is -0.394 e. The van der Waals surface area contributed by atoms with Gasteiger partial charge in [0, 0.05) is 25.2 Å². The second kappa shape index (κ2) is 10.9. The number of imidazole rings is 1. The third kappa shape index (κ3) is 5.25. The molecule has 1 aromatic carbocycles. The van der Waals surface area contributed by atoms with Crippen molar-refractivity contribution in [2.45, 2.75) is 43.8 Å². The van der Waals surface area contributed by atoms with Crippen LogP contribution in [0.1, 0.15) is 31.3 Å². The van der Waals surface area contributed by atoms with Gasteiger partial charge in [0.2, 0.25) is 5.82 Å². The number of fused-ring (bicyclic) bond motifs is 1. The third-order valence-corrected chi connectivity index (χ3v) is 6.83. The summed E-state index contributed by atoms with van der Waals surface area (Å²) in [5, 5.41) is 32.6. The van der Waals surface area contributed by atoms with Crippen LogP contribution in [0, 0.1) is 23.6 Å². The molecule has 0 radical (unpaired) electrons. The lowest BCUT2D eigenvalue weighted by atomic mass is 9.94. The van der Waals surface area contributed by atoms with Crippen molar-refractivity contribution in [3.63, 3.8) is 0 Å². The number of aromatic nitrogens is 4. The number of nitrogens with one attached hydrogen (secondary N) is 1. The zero-order valence-electron chi connectivity index (χ0n) is 20.4. The van der Waals surface area contributed by atoms with Gasteiger partial charge in [-0.15, -0.1) is 0 Å². The Bertz CT molecular complexity index is 1360. The molecule has 0 aliphatic carbocycles. The number of urea groups is 1. The van der Waals surface area contributed by atoms with Crippen LogP contribution in [0.2, 0.25) is 0 Å². The fourth-order valence-electron chi connectivity index (χ4n) is 4.64. The molecule has 0 unspecified atom stereocenters. The number of hydrogen-bond donors (Lipinski definition) is 5. The van der Waals surface area contributed by atoms with Crippen LogP contribution in [0.3, 0.4) is 0 Å². The fraction of sp³-hybridized carbons (Fsp3) is 0.440. The number of benzene rings is 1. The molecule has 13 heteroatoms. The highest BCUT2D eigenvalue weighted by Crippen LogP contribution is 2.32. The maximum atomic E-state index is 13.1. The van der Waals surface area contributed by atoms with Gasteiger partial charge >= 0.3 is 6.03 Å². The number of anilines is 2. The topological polar surface area (TPSA) is 172 Å². The Morgan fingerprint density at radius 3 is 2.61 bits per heavy atom. The number of piperidine rings is 1. The van der Waals surface area contributed by atoms with Crippen LogP contribution in [-0.2, 0) is 4.74 Å². The van der Waals surface area contributed by atoms with E-state index in [1.54, 1.807) is 4.90 Å². The normalized spacial score (nSPS) is 23.8. The molecule has 4 heterocycles. The molecule has 5 rings (SSSR count). The van der Waals surface area contributed by atoms with Gasteiger partial charge in [-0.3, -0.25) is 4.57 Å². The Morgan fingerprint density at radius 2 is 1.92 bits per heavy atom. The molecule has 4 atom stereocenters. The van der Waals surface area contributed by atoms with E-state index < -0.39 is 31.1 Å². The molecule has 200 valence electrons. The van der Waals surface area contributed by atoms with E-state index in [9.17, 15) is 24.5 Å². The number of nitrogens with two attached hydrogens (primary N) is 1. The van der Waals surface area contributed by atoms with Crippen LogP contribution in [0.25, 0.3) is 11.2 Å². The van der Waals surface area contributed by atoms with Crippen molar-refractivity contribution in [2.24, 2.45) is 5.92 Å². The summed E-state index contributed by atoms with van der Waals surface area (Å²) in [4.78, 5) is 27.0. The monoisotopic (exact) mass is 525 g/mol. The zero-order chi connectivity index (χ0) is 26.8. The van der Waals surface area contributed by atoms with Crippen molar-refractivity contribution < 1.29 is 29.2 Å². The minimum absolute atomic E-state index is 0.116. The van der Waals surface area contributed by atoms with E-state index in [0.29, 0.717) is 36.6 Å². The summed E-state index contributed by atoms with van der Waals surface area (Å²) in [6.07, 6.45) is -0.966. The second-order valence-corrected chi connectivity index (χ2v) is 9.36. The summed E-state index contributed by atoms with van der Waals surface area (Å²) in [6, 6.07) is 5.42. The zero-order valence-corrected chi connectivity index (χ0v) is 20.4. The number of aliphatic hydroxyl groups is 3. The van der Waals surface area contributed by atoms with Gasteiger partial charge in [0.1, 0.15) is 29.6 Å². The van der Waals surface area contributed by atoms with Gasteiger partial charge in [-0.2, -0.15) is 0 Å². The summed E-state index contributed by atoms with van der Waals surface area (Å²) < 4.78 is 20.1. The van der Waals surface area contributed by atoms with E-state index in [1.807, 2.05) is 0 Å². The maximum absolute atomic E-state index is 13.1. The largest absolute Gasteiger partial charge is 0.394 e. The first-order valence-electron chi connectivity index (χ1n) is 12.3. The molecule has 0 bridgehead atoms. The number of amides is 2. The molecular weight excluding hydrogens is 497 g/mol. The Hall–Kier alpha value is -3.83. The molecule has 0 spiro atoms. The van der Waals surface area contributed by atoms with E-state index in [4.69, 9.17) is 10.5 Å². The minimum atomic E-state index is -1.29. The Kier molecular flexibility index (Phi) is 7.39. The molecule has 2 fully saturated rings. The van der Waals surface area contributed by atoms with Gasteiger partial charge < -0.3 is 36.0 Å². The Morgan fingerprint density at radius 1 is 1.18 bits per heavy atom. The number of rotatable bonds is 4. The predicted octanol–water partition coefficient (Wildman–Crippen LogP) is 0.845. The average Bonchev–Trinajstić information content (AvgIpc) is 3.46. The van der Waals surface area contributed by atoms with Crippen molar-refractivity contribution in [1.82, 2.24) is 24.4 Å². The first-order chi connectivity index (χ1) is 18.3. The summed E-state index contributed by atoms with van der Waals surface area (Å²) in [5.41, 5.74) is 7.19. The number of carbonyl (C=O) groups excluding carboxylic acids is 1. The highest BCUT2D eigenvalue weighted by molar-refractivity contribution is 5.89. The van der Waals surface area contributed by atoms with E-state index in [-0.39, 0.29) is 29.1 Å². The molecule has 0 saturated carbocycles. The Labute approximate surface area is 217 Å². The van der Waals surface area contributed by atoms with Crippen molar-refractivity contribution in [3.05, 3.63) is 42.2 Å². The van der Waals surface area contributed by atoms with Crippen molar-refractivity contribution in [1.29, 1.82) is 0 Å². The van der Waals surface area contributed by atoms with E-state index in [0.717, 1.165) is 12.8 Å². The van der Waals surface area contributed by atoms with Gasteiger partial charge in [0.25, 0.3) is 0 Å². The first kappa shape index (κ1) is 25.8. The Balaban J connectivity index is 1.20. The number of likely N-dealkylation sites (tertiary alicyclic amines) is 1. The molecule has 2 amide bonds. The number of ether oxygens (including phenoxy) is 1. The van der Waals surface area contributed by atoms with E-state index in [1.165, 1.54) is 35.2 Å². The number of nitrogen functional groups attached to an aromatic ring is 1. The summed E-state index contributed by atoms with van der Waals surface area (Å²) in [7, 11) is 0. The van der Waals surface area contributed by atoms with Crippen LogP contribution in [0.4, 0.5) is 20.7 Å². The van der Waals surface area contributed by atoms with Crippen LogP contribution in [0.5, 0.6) is 0 Å². The SMILES string of the molecule is Nc1nc(C#CCC2CCN(C(=O)Nc3ccc(F)cc3)CC2)nc2c1ncn2[C@@H]1O[C@H](CO)[C@@H](O)[C@H]1O. The molecular formula is C25H28FN7O5.